The Kier molecular flexibility index (Phi) is 7.39. The molecular weight excluding hydrogens is 476 g/mol. The Morgan fingerprint density at radius 1 is 0.711 bits per heavy atom. The Hall–Kier alpha value is -3.28. The van der Waals surface area contributed by atoms with Crippen LogP contribution in [0.1, 0.15) is 73.8 Å². The summed E-state index contributed by atoms with van der Waals surface area (Å²) in [6.45, 7) is 5.79. The van der Waals surface area contributed by atoms with Crippen molar-refractivity contribution in [3.8, 4) is 17.2 Å². The maximum Gasteiger partial charge on any atom is 0.199 e. The fourth-order valence-corrected chi connectivity index (χ4v) is 5.50. The second-order valence-corrected chi connectivity index (χ2v) is 10.5. The van der Waals surface area contributed by atoms with Gasteiger partial charge in [-0.05, 0) is 86.6 Å². The fraction of sp³-hybridized carbons (Fsp3) is 0.394. The first-order valence-corrected chi connectivity index (χ1v) is 13.9. The van der Waals surface area contributed by atoms with Crippen molar-refractivity contribution < 1.29 is 23.7 Å². The molecule has 3 aromatic carbocycles. The lowest BCUT2D eigenvalue weighted by atomic mass is 9.86. The zero-order chi connectivity index (χ0) is 25.9. The van der Waals surface area contributed by atoms with Crippen LogP contribution in [0.15, 0.2) is 66.7 Å². The number of aryl methyl sites for hydroxylation is 1. The molecule has 0 N–H and O–H groups in total. The average Bonchev–Trinajstić information content (AvgIpc) is 2.95. The average molecular weight is 513 g/mol. The van der Waals surface area contributed by atoms with E-state index in [1.165, 1.54) is 5.56 Å². The van der Waals surface area contributed by atoms with Gasteiger partial charge in [-0.2, -0.15) is 0 Å². The van der Waals surface area contributed by atoms with E-state index in [1.54, 1.807) is 0 Å². The summed E-state index contributed by atoms with van der Waals surface area (Å²) in [4.78, 5) is 0. The second kappa shape index (κ2) is 11.2. The van der Waals surface area contributed by atoms with Gasteiger partial charge < -0.3 is 23.7 Å². The summed E-state index contributed by atoms with van der Waals surface area (Å²) in [6.07, 6.45) is 5.67. The number of benzene rings is 3. The lowest BCUT2D eigenvalue weighted by Gasteiger charge is -2.32. The van der Waals surface area contributed by atoms with Crippen molar-refractivity contribution in [3.05, 3.63) is 89.0 Å². The monoisotopic (exact) mass is 512 g/mol. The van der Waals surface area contributed by atoms with E-state index >= 15 is 0 Å². The van der Waals surface area contributed by atoms with Crippen LogP contribution in [0.2, 0.25) is 0 Å². The van der Waals surface area contributed by atoms with Crippen LogP contribution in [0, 0.1) is 6.92 Å². The molecule has 3 heterocycles. The Labute approximate surface area is 225 Å². The van der Waals surface area contributed by atoms with Gasteiger partial charge in [-0.3, -0.25) is 0 Å². The minimum absolute atomic E-state index is 0.188. The highest BCUT2D eigenvalue weighted by Crippen LogP contribution is 2.48. The lowest BCUT2D eigenvalue weighted by molar-refractivity contribution is -0.106. The van der Waals surface area contributed by atoms with Gasteiger partial charge in [-0.25, -0.2) is 0 Å². The van der Waals surface area contributed by atoms with Crippen LogP contribution >= 0.6 is 0 Å². The Morgan fingerprint density at radius 3 is 2.05 bits per heavy atom. The van der Waals surface area contributed by atoms with Gasteiger partial charge in [0, 0.05) is 24.0 Å². The summed E-state index contributed by atoms with van der Waals surface area (Å²) >= 11 is 0. The number of fused-ring (bicyclic) bond motifs is 1. The van der Waals surface area contributed by atoms with Gasteiger partial charge in [0.15, 0.2) is 12.6 Å². The predicted molar refractivity (Wildman–Crippen MR) is 148 cm³/mol. The third kappa shape index (κ3) is 5.45. The van der Waals surface area contributed by atoms with Crippen LogP contribution in [0.5, 0.6) is 17.2 Å². The summed E-state index contributed by atoms with van der Waals surface area (Å²) in [6, 6.07) is 23.0. The van der Waals surface area contributed by atoms with Gasteiger partial charge in [-0.15, -0.1) is 0 Å². The maximum absolute atomic E-state index is 6.72. The summed E-state index contributed by atoms with van der Waals surface area (Å²) in [5, 5.41) is 0. The standard InChI is InChI=1S/C33H36O5/c1-22-12-14-24(15-13-22)33-32(25-8-7-9-26(20-25)36-30-10-3-5-18-34-30)23(2)28-21-27(16-17-29(28)38-33)37-31-11-4-6-19-35-31/h7-9,12-17,20-21,30-31,33H,3-6,10-11,18-19H2,1-2H3. The number of hydrogen-bond acceptors (Lipinski definition) is 5. The highest BCUT2D eigenvalue weighted by atomic mass is 16.7. The van der Waals surface area contributed by atoms with Crippen molar-refractivity contribution >= 4 is 11.1 Å². The third-order valence-corrected chi connectivity index (χ3v) is 7.60. The highest BCUT2D eigenvalue weighted by molar-refractivity contribution is 5.95. The van der Waals surface area contributed by atoms with Crippen molar-refractivity contribution in [1.29, 1.82) is 0 Å². The molecule has 2 saturated heterocycles. The van der Waals surface area contributed by atoms with Gasteiger partial charge >= 0.3 is 0 Å². The van der Waals surface area contributed by atoms with Gasteiger partial charge in [0.2, 0.25) is 0 Å². The molecule has 3 atom stereocenters. The predicted octanol–water partition coefficient (Wildman–Crippen LogP) is 7.87. The van der Waals surface area contributed by atoms with E-state index in [1.807, 2.05) is 18.2 Å². The van der Waals surface area contributed by atoms with Crippen molar-refractivity contribution in [2.45, 2.75) is 71.1 Å². The fourth-order valence-electron chi connectivity index (χ4n) is 5.50. The van der Waals surface area contributed by atoms with E-state index in [0.29, 0.717) is 0 Å². The maximum atomic E-state index is 6.72. The Balaban J connectivity index is 1.37. The van der Waals surface area contributed by atoms with Gasteiger partial charge in [0.1, 0.15) is 23.4 Å². The smallest absolute Gasteiger partial charge is 0.199 e. The van der Waals surface area contributed by atoms with E-state index in [2.05, 4.69) is 62.4 Å². The topological polar surface area (TPSA) is 46.2 Å². The molecule has 0 radical (unpaired) electrons. The molecular formula is C33H36O5. The summed E-state index contributed by atoms with van der Waals surface area (Å²) < 4.78 is 30.8. The third-order valence-electron chi connectivity index (χ3n) is 7.60. The summed E-state index contributed by atoms with van der Waals surface area (Å²) in [5.41, 5.74) is 6.75. The minimum atomic E-state index is -0.238. The number of ether oxygens (including phenoxy) is 5. The van der Waals surface area contributed by atoms with E-state index in [-0.39, 0.29) is 18.7 Å². The van der Waals surface area contributed by atoms with Crippen LogP contribution < -0.4 is 14.2 Å². The van der Waals surface area contributed by atoms with Gasteiger partial charge in [-0.1, -0.05) is 42.0 Å². The highest BCUT2D eigenvalue weighted by Gasteiger charge is 2.30. The summed E-state index contributed by atoms with van der Waals surface area (Å²) in [5.74, 6) is 2.48. The Morgan fingerprint density at radius 2 is 1.39 bits per heavy atom. The minimum Gasteiger partial charge on any atom is -0.480 e. The van der Waals surface area contributed by atoms with Crippen LogP contribution in [-0.4, -0.2) is 25.8 Å². The van der Waals surface area contributed by atoms with Gasteiger partial charge in [0.25, 0.3) is 0 Å². The molecule has 0 aliphatic carbocycles. The molecule has 198 valence electrons. The molecule has 3 aliphatic rings. The number of hydrogen-bond donors (Lipinski definition) is 0. The molecule has 0 aromatic heterocycles. The molecule has 38 heavy (non-hydrogen) atoms. The normalized spacial score (nSPS) is 23.4. The molecule has 3 unspecified atom stereocenters. The molecule has 2 fully saturated rings. The molecule has 0 spiro atoms. The van der Waals surface area contributed by atoms with Crippen molar-refractivity contribution in [3.63, 3.8) is 0 Å². The first-order valence-electron chi connectivity index (χ1n) is 13.9. The number of rotatable bonds is 6. The van der Waals surface area contributed by atoms with Crippen LogP contribution in [-0.2, 0) is 9.47 Å². The molecule has 0 saturated carbocycles. The molecule has 6 rings (SSSR count). The SMILES string of the molecule is CC1=C(c2cccc(OC3CCCCO3)c2)C(c2ccc(C)cc2)Oc2ccc(OC3CCCCO3)cc21. The zero-order valence-corrected chi connectivity index (χ0v) is 22.3. The number of allylic oxidation sites excluding steroid dienone is 1. The van der Waals surface area contributed by atoms with Crippen LogP contribution in [0.4, 0.5) is 0 Å². The summed E-state index contributed by atoms with van der Waals surface area (Å²) in [7, 11) is 0. The van der Waals surface area contributed by atoms with Crippen LogP contribution in [0.25, 0.3) is 11.1 Å². The van der Waals surface area contributed by atoms with Crippen molar-refractivity contribution in [2.24, 2.45) is 0 Å². The molecule has 3 aromatic rings. The first-order chi connectivity index (χ1) is 18.6. The van der Waals surface area contributed by atoms with E-state index < -0.39 is 0 Å². The second-order valence-electron chi connectivity index (χ2n) is 10.5. The van der Waals surface area contributed by atoms with E-state index in [4.69, 9.17) is 23.7 Å². The van der Waals surface area contributed by atoms with E-state index in [9.17, 15) is 0 Å². The van der Waals surface area contributed by atoms with Crippen molar-refractivity contribution in [2.75, 3.05) is 13.2 Å². The molecule has 3 aliphatic heterocycles. The lowest BCUT2D eigenvalue weighted by Crippen LogP contribution is -2.25. The molecule has 0 bridgehead atoms. The molecule has 5 heteroatoms. The molecule has 5 nitrogen and oxygen atoms in total. The largest absolute Gasteiger partial charge is 0.480 e. The quantitative estimate of drug-likeness (QED) is 0.336. The van der Waals surface area contributed by atoms with Crippen LogP contribution in [0.3, 0.4) is 0 Å². The first kappa shape index (κ1) is 25.0. The zero-order valence-electron chi connectivity index (χ0n) is 22.3. The van der Waals surface area contributed by atoms with Gasteiger partial charge in [0.05, 0.1) is 13.2 Å². The van der Waals surface area contributed by atoms with Crippen molar-refractivity contribution in [1.82, 2.24) is 0 Å². The van der Waals surface area contributed by atoms with E-state index in [0.717, 1.165) is 96.8 Å². The molecule has 0 amide bonds. The Bertz CT molecular complexity index is 1280.